The molecule has 2 nitrogen and oxygen atoms in total. The Morgan fingerprint density at radius 3 is 0.500 bits per heavy atom. The highest BCUT2D eigenvalue weighted by atomic mass is 35.5. The lowest BCUT2D eigenvalue weighted by Crippen LogP contribution is -3.05. The molecule has 0 fully saturated rings. The van der Waals surface area contributed by atoms with E-state index in [2.05, 4.69) is 42.0 Å². The molecule has 0 aliphatic heterocycles. The molecule has 0 saturated carbocycles. The molecule has 0 aromatic heterocycles. The fourth-order valence-corrected chi connectivity index (χ4v) is 6.05. The van der Waals surface area contributed by atoms with E-state index < -0.39 is 0 Å². The Balaban J connectivity index is -0.000000348. The summed E-state index contributed by atoms with van der Waals surface area (Å²) in [6.45, 7) is 7.28. The van der Waals surface area contributed by atoms with Crippen LogP contribution in [0.2, 0.25) is 0 Å². The number of nitrogens with one attached hydrogen (secondary N) is 2. The predicted octanol–water partition coefficient (Wildman–Crippen LogP) is 4.79. The lowest BCUT2D eigenvalue weighted by Gasteiger charge is -2.06. The van der Waals surface area contributed by atoms with E-state index in [0.29, 0.717) is 0 Å². The van der Waals surface area contributed by atoms with Crippen molar-refractivity contribution in [3.8, 4) is 0 Å². The Kier molecular flexibility index (Phi) is 55.9. The molecular weight excluding hydrogens is 579 g/mol. The number of unbranched alkanes of at least 4 members (excludes halogenated alkanes) is 30. The Morgan fingerprint density at radius 1 is 0.227 bits per heavy atom. The molecule has 2 N–H and O–H groups in total. The Bertz CT molecular complexity index is 405. The number of hydrogen-bond acceptors (Lipinski definition) is 0. The molecule has 0 aromatic carbocycles. The van der Waals surface area contributed by atoms with E-state index in [-0.39, 0.29) is 24.8 Å². The Labute approximate surface area is 294 Å². The standard InChI is InChI=1S/2C20H43N.2ClH/c2*1-4-5-6-7-8-9-10-11-12-13-14-15-16-17-18-19-20-21(2)3;;/h2*4-20H2,1-3H3;2*1H. The van der Waals surface area contributed by atoms with Gasteiger partial charge < -0.3 is 34.6 Å². The highest BCUT2D eigenvalue weighted by molar-refractivity contribution is 4.51. The molecule has 0 radical (unpaired) electrons. The van der Waals surface area contributed by atoms with Gasteiger partial charge in [0, 0.05) is 0 Å². The Morgan fingerprint density at radius 2 is 0.364 bits per heavy atom. The summed E-state index contributed by atoms with van der Waals surface area (Å²) in [7, 11) is 9.02. The Hall–Kier alpha value is 0.500. The molecule has 0 saturated heterocycles. The maximum Gasteiger partial charge on any atom is 0.0766 e. The topological polar surface area (TPSA) is 8.88 Å². The van der Waals surface area contributed by atoms with Crippen LogP contribution in [0.1, 0.15) is 219 Å². The highest BCUT2D eigenvalue weighted by Gasteiger charge is 1.97. The summed E-state index contributed by atoms with van der Waals surface area (Å²) >= 11 is 0. The van der Waals surface area contributed by atoms with Crippen molar-refractivity contribution in [1.29, 1.82) is 0 Å². The molecule has 0 aliphatic rings. The van der Waals surface area contributed by atoms with E-state index in [1.807, 2.05) is 0 Å². The summed E-state index contributed by atoms with van der Waals surface area (Å²) < 4.78 is 0. The van der Waals surface area contributed by atoms with Crippen molar-refractivity contribution < 1.29 is 34.6 Å². The molecule has 0 aliphatic carbocycles. The first-order valence-electron chi connectivity index (χ1n) is 20.1. The summed E-state index contributed by atoms with van der Waals surface area (Å²) in [4.78, 5) is 3.20. The quantitative estimate of drug-likeness (QED) is 0.0914. The smallest absolute Gasteiger partial charge is 0.0766 e. The van der Waals surface area contributed by atoms with E-state index in [9.17, 15) is 0 Å². The number of quaternary nitrogens is 2. The van der Waals surface area contributed by atoms with Gasteiger partial charge in [0.1, 0.15) is 0 Å². The molecule has 272 valence electrons. The molecule has 0 atom stereocenters. The first kappa shape index (κ1) is 51.3. The van der Waals surface area contributed by atoms with Crippen LogP contribution in [0.5, 0.6) is 0 Å². The van der Waals surface area contributed by atoms with Crippen LogP contribution in [0, 0.1) is 0 Å². The lowest BCUT2D eigenvalue weighted by molar-refractivity contribution is -0.858. The number of halogens is 2. The van der Waals surface area contributed by atoms with Gasteiger partial charge in [0.15, 0.2) is 0 Å². The summed E-state index contributed by atoms with van der Waals surface area (Å²) in [5.74, 6) is 0. The van der Waals surface area contributed by atoms with Gasteiger partial charge in [0.2, 0.25) is 0 Å². The monoisotopic (exact) mass is 667 g/mol. The van der Waals surface area contributed by atoms with Gasteiger partial charge in [-0.15, -0.1) is 0 Å². The van der Waals surface area contributed by atoms with E-state index in [4.69, 9.17) is 0 Å². The minimum absolute atomic E-state index is 0. The fourth-order valence-electron chi connectivity index (χ4n) is 6.05. The van der Waals surface area contributed by atoms with Gasteiger partial charge >= 0.3 is 0 Å². The predicted molar refractivity (Wildman–Crippen MR) is 194 cm³/mol. The second-order valence-electron chi connectivity index (χ2n) is 14.5. The van der Waals surface area contributed by atoms with Crippen molar-refractivity contribution in [2.45, 2.75) is 219 Å². The fraction of sp³-hybridized carbons (Fsp3) is 1.00. The molecule has 0 heterocycles. The average Bonchev–Trinajstić information content (AvgIpc) is 2.97. The van der Waals surface area contributed by atoms with Gasteiger partial charge in [0.25, 0.3) is 0 Å². The van der Waals surface area contributed by atoms with Crippen molar-refractivity contribution in [2.24, 2.45) is 0 Å². The van der Waals surface area contributed by atoms with E-state index in [1.54, 1.807) is 9.80 Å². The minimum atomic E-state index is 0. The zero-order chi connectivity index (χ0) is 31.2. The van der Waals surface area contributed by atoms with Crippen LogP contribution in [0.4, 0.5) is 0 Å². The van der Waals surface area contributed by atoms with Gasteiger partial charge in [-0.05, 0) is 25.7 Å². The van der Waals surface area contributed by atoms with Crippen molar-refractivity contribution in [3.63, 3.8) is 0 Å². The largest absolute Gasteiger partial charge is 1.00 e. The van der Waals surface area contributed by atoms with Gasteiger partial charge in [-0.1, -0.05) is 194 Å². The maximum absolute atomic E-state index is 2.30. The van der Waals surface area contributed by atoms with Gasteiger partial charge in [-0.2, -0.15) is 0 Å². The van der Waals surface area contributed by atoms with E-state index >= 15 is 0 Å². The number of hydrogen-bond donors (Lipinski definition) is 2. The van der Waals surface area contributed by atoms with E-state index in [1.165, 1.54) is 219 Å². The summed E-state index contributed by atoms with van der Waals surface area (Å²) in [5, 5.41) is 0. The molecular formula is C40H88Cl2N2. The summed E-state index contributed by atoms with van der Waals surface area (Å²) in [6, 6.07) is 0. The van der Waals surface area contributed by atoms with Gasteiger partial charge in [-0.25, -0.2) is 0 Å². The molecule has 0 unspecified atom stereocenters. The number of rotatable bonds is 34. The van der Waals surface area contributed by atoms with Crippen LogP contribution in [0.15, 0.2) is 0 Å². The van der Waals surface area contributed by atoms with Crippen LogP contribution in [-0.2, 0) is 0 Å². The first-order chi connectivity index (χ1) is 20.5. The first-order valence-corrected chi connectivity index (χ1v) is 20.1. The second-order valence-corrected chi connectivity index (χ2v) is 14.5. The molecule has 0 aromatic rings. The van der Waals surface area contributed by atoms with Crippen molar-refractivity contribution in [3.05, 3.63) is 0 Å². The third-order valence-corrected chi connectivity index (χ3v) is 9.06. The summed E-state index contributed by atoms with van der Waals surface area (Å²) in [5.41, 5.74) is 0. The molecule has 0 bridgehead atoms. The lowest BCUT2D eigenvalue weighted by atomic mass is 10.0. The maximum atomic E-state index is 2.30. The van der Waals surface area contributed by atoms with E-state index in [0.717, 1.165) is 0 Å². The normalized spacial score (nSPS) is 10.9. The molecule has 4 heteroatoms. The third kappa shape index (κ3) is 54.9. The van der Waals surface area contributed by atoms with Crippen LogP contribution in [0.25, 0.3) is 0 Å². The van der Waals surface area contributed by atoms with Crippen LogP contribution in [0.3, 0.4) is 0 Å². The van der Waals surface area contributed by atoms with Crippen LogP contribution < -0.4 is 34.6 Å². The van der Waals surface area contributed by atoms with Crippen molar-refractivity contribution >= 4 is 0 Å². The van der Waals surface area contributed by atoms with Gasteiger partial charge in [0.05, 0.1) is 41.3 Å². The van der Waals surface area contributed by atoms with Crippen LogP contribution in [-0.4, -0.2) is 41.3 Å². The average molecular weight is 668 g/mol. The molecule has 44 heavy (non-hydrogen) atoms. The second kappa shape index (κ2) is 47.9. The minimum Gasteiger partial charge on any atom is -1.00 e. The third-order valence-electron chi connectivity index (χ3n) is 9.06. The van der Waals surface area contributed by atoms with Crippen LogP contribution >= 0.6 is 0 Å². The van der Waals surface area contributed by atoms with Gasteiger partial charge in [-0.3, -0.25) is 0 Å². The zero-order valence-electron chi connectivity index (χ0n) is 31.8. The summed E-state index contributed by atoms with van der Waals surface area (Å²) in [6.07, 6.45) is 46.8. The van der Waals surface area contributed by atoms with Crippen molar-refractivity contribution in [1.82, 2.24) is 0 Å². The highest BCUT2D eigenvalue weighted by Crippen LogP contribution is 2.15. The SMILES string of the molecule is CCCCCCCCCCCCCCCCCC[NH+](C)C.CCCCCCCCCCCCCCCCCC[NH+](C)C.[Cl-].[Cl-]. The zero-order valence-corrected chi connectivity index (χ0v) is 33.3. The molecule has 0 rings (SSSR count). The molecule has 0 spiro atoms. The van der Waals surface area contributed by atoms with Crippen molar-refractivity contribution in [2.75, 3.05) is 41.3 Å². The molecule has 0 amide bonds.